The predicted molar refractivity (Wildman–Crippen MR) is 78.7 cm³/mol. The number of fused-ring (bicyclic) bond motifs is 3. The average molecular weight is 265 g/mol. The van der Waals surface area contributed by atoms with Crippen molar-refractivity contribution in [2.45, 2.75) is 12.8 Å². The molecule has 1 aromatic carbocycles. The van der Waals surface area contributed by atoms with Gasteiger partial charge in [0, 0.05) is 35.6 Å². The van der Waals surface area contributed by atoms with Crippen molar-refractivity contribution < 1.29 is 4.79 Å². The van der Waals surface area contributed by atoms with Crippen molar-refractivity contribution in [1.82, 2.24) is 14.9 Å². The lowest BCUT2D eigenvalue weighted by Crippen LogP contribution is -2.28. The number of carbonyl (C=O) groups is 1. The standard InChI is InChI=1S/C16H15N3O/c20-16(19-9-3-4-10-19)15-14-12(7-8-17-15)11-5-1-2-6-13(11)18-14/h1-2,5-8,18H,3-4,9-10H2. The second-order valence-corrected chi connectivity index (χ2v) is 5.25. The van der Waals surface area contributed by atoms with Gasteiger partial charge in [0.05, 0.1) is 5.52 Å². The van der Waals surface area contributed by atoms with E-state index in [4.69, 9.17) is 0 Å². The summed E-state index contributed by atoms with van der Waals surface area (Å²) in [6.45, 7) is 1.69. The van der Waals surface area contributed by atoms with Crippen molar-refractivity contribution in [2.24, 2.45) is 0 Å². The van der Waals surface area contributed by atoms with Crippen LogP contribution < -0.4 is 0 Å². The van der Waals surface area contributed by atoms with Crippen LogP contribution in [0.2, 0.25) is 0 Å². The van der Waals surface area contributed by atoms with Gasteiger partial charge in [-0.15, -0.1) is 0 Å². The Hall–Kier alpha value is -2.36. The quantitative estimate of drug-likeness (QED) is 0.735. The smallest absolute Gasteiger partial charge is 0.274 e. The average Bonchev–Trinajstić information content (AvgIpc) is 3.13. The lowest BCUT2D eigenvalue weighted by molar-refractivity contribution is 0.0789. The number of hydrogen-bond donors (Lipinski definition) is 1. The van der Waals surface area contributed by atoms with Crippen LogP contribution in [0.3, 0.4) is 0 Å². The molecule has 0 radical (unpaired) electrons. The Labute approximate surface area is 116 Å². The maximum Gasteiger partial charge on any atom is 0.274 e. The minimum Gasteiger partial charge on any atom is -0.353 e. The Kier molecular flexibility index (Phi) is 2.49. The zero-order valence-electron chi connectivity index (χ0n) is 11.1. The Morgan fingerprint density at radius 3 is 2.75 bits per heavy atom. The molecular formula is C16H15N3O. The summed E-state index contributed by atoms with van der Waals surface area (Å²) < 4.78 is 0. The number of aromatic nitrogens is 2. The fourth-order valence-corrected chi connectivity index (χ4v) is 3.01. The van der Waals surface area contributed by atoms with Gasteiger partial charge in [-0.1, -0.05) is 18.2 Å². The largest absolute Gasteiger partial charge is 0.353 e. The summed E-state index contributed by atoms with van der Waals surface area (Å²) in [6, 6.07) is 10.1. The summed E-state index contributed by atoms with van der Waals surface area (Å²) in [5, 5.41) is 2.21. The van der Waals surface area contributed by atoms with Crippen LogP contribution in [-0.2, 0) is 0 Å². The number of nitrogens with one attached hydrogen (secondary N) is 1. The number of pyridine rings is 1. The van der Waals surface area contributed by atoms with Gasteiger partial charge in [-0.25, -0.2) is 4.98 Å². The monoisotopic (exact) mass is 265 g/mol. The molecule has 100 valence electrons. The first kappa shape index (κ1) is 11.5. The topological polar surface area (TPSA) is 49.0 Å². The number of carbonyl (C=O) groups excluding carboxylic acids is 1. The van der Waals surface area contributed by atoms with E-state index >= 15 is 0 Å². The molecule has 1 aliphatic rings. The first-order valence-electron chi connectivity index (χ1n) is 6.99. The number of likely N-dealkylation sites (tertiary alicyclic amines) is 1. The third-order valence-corrected chi connectivity index (χ3v) is 4.02. The molecular weight excluding hydrogens is 250 g/mol. The molecule has 1 amide bonds. The van der Waals surface area contributed by atoms with Crippen LogP contribution in [0.15, 0.2) is 36.5 Å². The number of aromatic amines is 1. The van der Waals surface area contributed by atoms with Gasteiger partial charge in [-0.05, 0) is 25.0 Å². The number of H-pyrrole nitrogens is 1. The maximum absolute atomic E-state index is 12.6. The molecule has 2 aromatic heterocycles. The highest BCUT2D eigenvalue weighted by atomic mass is 16.2. The van der Waals surface area contributed by atoms with Gasteiger partial charge in [-0.3, -0.25) is 4.79 Å². The Bertz CT molecular complexity index is 800. The molecule has 4 nitrogen and oxygen atoms in total. The molecule has 1 N–H and O–H groups in total. The van der Waals surface area contributed by atoms with Gasteiger partial charge in [0.2, 0.25) is 0 Å². The molecule has 4 rings (SSSR count). The first-order chi connectivity index (χ1) is 9.84. The highest BCUT2D eigenvalue weighted by Gasteiger charge is 2.23. The highest BCUT2D eigenvalue weighted by Crippen LogP contribution is 2.27. The van der Waals surface area contributed by atoms with E-state index in [0.29, 0.717) is 5.69 Å². The minimum absolute atomic E-state index is 0.0413. The zero-order valence-corrected chi connectivity index (χ0v) is 11.1. The third kappa shape index (κ3) is 1.61. The van der Waals surface area contributed by atoms with Crippen molar-refractivity contribution in [2.75, 3.05) is 13.1 Å². The van der Waals surface area contributed by atoms with Crippen molar-refractivity contribution in [3.63, 3.8) is 0 Å². The van der Waals surface area contributed by atoms with Crippen molar-refractivity contribution >= 4 is 27.7 Å². The van der Waals surface area contributed by atoms with Gasteiger partial charge in [0.25, 0.3) is 5.91 Å². The number of rotatable bonds is 1. The SMILES string of the molecule is O=C(c1nccc2c1[nH]c1ccccc12)N1CCCC1. The van der Waals surface area contributed by atoms with E-state index < -0.39 is 0 Å². The van der Waals surface area contributed by atoms with Gasteiger partial charge in [-0.2, -0.15) is 0 Å². The molecule has 0 bridgehead atoms. The second-order valence-electron chi connectivity index (χ2n) is 5.25. The summed E-state index contributed by atoms with van der Waals surface area (Å²) in [7, 11) is 0. The molecule has 0 atom stereocenters. The van der Waals surface area contributed by atoms with Crippen LogP contribution in [-0.4, -0.2) is 33.9 Å². The lowest BCUT2D eigenvalue weighted by Gasteiger charge is -2.14. The van der Waals surface area contributed by atoms with Crippen LogP contribution in [0.5, 0.6) is 0 Å². The van der Waals surface area contributed by atoms with E-state index in [1.165, 1.54) is 0 Å². The molecule has 3 heterocycles. The number of amides is 1. The third-order valence-electron chi connectivity index (χ3n) is 4.02. The molecule has 0 unspecified atom stereocenters. The molecule has 4 heteroatoms. The number of benzene rings is 1. The first-order valence-corrected chi connectivity index (χ1v) is 6.99. The van der Waals surface area contributed by atoms with Gasteiger partial charge < -0.3 is 9.88 Å². The van der Waals surface area contributed by atoms with Crippen molar-refractivity contribution in [3.8, 4) is 0 Å². The van der Waals surface area contributed by atoms with Crippen LogP contribution in [0.25, 0.3) is 21.8 Å². The highest BCUT2D eigenvalue weighted by molar-refractivity contribution is 6.13. The summed E-state index contributed by atoms with van der Waals surface area (Å²) in [4.78, 5) is 22.1. The summed E-state index contributed by atoms with van der Waals surface area (Å²) in [6.07, 6.45) is 3.91. The fourth-order valence-electron chi connectivity index (χ4n) is 3.01. The number of nitrogens with zero attached hydrogens (tertiary/aromatic N) is 2. The molecule has 0 saturated carbocycles. The summed E-state index contributed by atoms with van der Waals surface area (Å²) in [5.74, 6) is 0.0413. The van der Waals surface area contributed by atoms with E-state index in [-0.39, 0.29) is 5.91 Å². The molecule has 1 saturated heterocycles. The van der Waals surface area contributed by atoms with Gasteiger partial charge >= 0.3 is 0 Å². The Balaban J connectivity index is 1.93. The molecule has 0 aliphatic carbocycles. The normalized spacial score (nSPS) is 15.3. The van der Waals surface area contributed by atoms with Crippen LogP contribution in [0, 0.1) is 0 Å². The molecule has 1 aliphatic heterocycles. The second kappa shape index (κ2) is 4.34. The van der Waals surface area contributed by atoms with Crippen LogP contribution in [0.4, 0.5) is 0 Å². The Morgan fingerprint density at radius 2 is 1.90 bits per heavy atom. The minimum atomic E-state index is 0.0413. The zero-order chi connectivity index (χ0) is 13.5. The summed E-state index contributed by atoms with van der Waals surface area (Å²) in [5.41, 5.74) is 2.44. The van der Waals surface area contributed by atoms with Crippen LogP contribution in [0.1, 0.15) is 23.3 Å². The van der Waals surface area contributed by atoms with E-state index in [9.17, 15) is 4.79 Å². The van der Waals surface area contributed by atoms with Gasteiger partial charge in [0.15, 0.2) is 5.69 Å². The molecule has 0 spiro atoms. The van der Waals surface area contributed by atoms with Gasteiger partial charge in [0.1, 0.15) is 0 Å². The number of hydrogen-bond acceptors (Lipinski definition) is 2. The predicted octanol–water partition coefficient (Wildman–Crippen LogP) is 2.95. The number of para-hydroxylation sites is 1. The van der Waals surface area contributed by atoms with Crippen molar-refractivity contribution in [3.05, 3.63) is 42.2 Å². The Morgan fingerprint density at radius 1 is 1.10 bits per heavy atom. The maximum atomic E-state index is 12.6. The molecule has 20 heavy (non-hydrogen) atoms. The van der Waals surface area contributed by atoms with E-state index in [1.807, 2.05) is 29.2 Å². The molecule has 1 fully saturated rings. The molecule has 3 aromatic rings. The van der Waals surface area contributed by atoms with E-state index in [1.54, 1.807) is 6.20 Å². The van der Waals surface area contributed by atoms with Crippen LogP contribution >= 0.6 is 0 Å². The lowest BCUT2D eigenvalue weighted by atomic mass is 10.1. The van der Waals surface area contributed by atoms with E-state index in [2.05, 4.69) is 16.0 Å². The van der Waals surface area contributed by atoms with Crippen molar-refractivity contribution in [1.29, 1.82) is 0 Å². The van der Waals surface area contributed by atoms with E-state index in [0.717, 1.165) is 47.7 Å². The fraction of sp³-hybridized carbons (Fsp3) is 0.250. The summed E-state index contributed by atoms with van der Waals surface area (Å²) >= 11 is 0.